The van der Waals surface area contributed by atoms with E-state index in [1.54, 1.807) is 0 Å². The highest BCUT2D eigenvalue weighted by atomic mass is 35.7. The van der Waals surface area contributed by atoms with Gasteiger partial charge in [0.2, 0.25) is 0 Å². The zero-order valence-electron chi connectivity index (χ0n) is 7.50. The van der Waals surface area contributed by atoms with E-state index >= 15 is 0 Å². The minimum atomic E-state index is -2.19. The van der Waals surface area contributed by atoms with E-state index in [9.17, 15) is 0 Å². The third-order valence-corrected chi connectivity index (χ3v) is 18.9. The van der Waals surface area contributed by atoms with E-state index in [2.05, 4.69) is 0 Å². The van der Waals surface area contributed by atoms with Crippen LogP contribution in [0.2, 0.25) is 17.3 Å². The van der Waals surface area contributed by atoms with Crippen LogP contribution in [0.3, 0.4) is 0 Å². The molecule has 74 valence electrons. The van der Waals surface area contributed by atoms with Crippen LogP contribution in [-0.2, 0) is 0 Å². The van der Waals surface area contributed by atoms with E-state index < -0.39 is 13.4 Å². The van der Waals surface area contributed by atoms with Gasteiger partial charge in [0.25, 0.3) is 13.4 Å². The Labute approximate surface area is 95.4 Å². The fourth-order valence-corrected chi connectivity index (χ4v) is 14.6. The summed E-state index contributed by atoms with van der Waals surface area (Å²) in [5, 5.41) is 0.131. The highest BCUT2D eigenvalue weighted by molar-refractivity contribution is 7.57. The van der Waals surface area contributed by atoms with Crippen LogP contribution < -0.4 is 0 Å². The molecule has 0 saturated heterocycles. The van der Waals surface area contributed by atoms with Gasteiger partial charge in [0.15, 0.2) is 0 Å². The standard InChI is InChI=1S/C6H14Cl4Si2/c1-4-11(7,8)6(3)12(9,10)5-2/h6H,4-5H2,1-3H3. The maximum Gasteiger partial charge on any atom is 0.253 e. The first-order valence-corrected chi connectivity index (χ1v) is 12.6. The van der Waals surface area contributed by atoms with Crippen molar-refractivity contribution in [2.45, 2.75) is 38.0 Å². The topological polar surface area (TPSA) is 0 Å². The zero-order valence-corrected chi connectivity index (χ0v) is 12.5. The Balaban J connectivity index is 4.47. The molecule has 0 bridgehead atoms. The Morgan fingerprint density at radius 3 is 1.33 bits per heavy atom. The van der Waals surface area contributed by atoms with Gasteiger partial charge in [-0.2, -0.15) is 0 Å². The van der Waals surface area contributed by atoms with Gasteiger partial charge in [-0.3, -0.25) is 0 Å². The molecule has 0 atom stereocenters. The summed E-state index contributed by atoms with van der Waals surface area (Å²) in [6.07, 6.45) is 0. The van der Waals surface area contributed by atoms with Crippen molar-refractivity contribution >= 4 is 57.7 Å². The summed E-state index contributed by atoms with van der Waals surface area (Å²) in [7, 11) is 0. The predicted molar refractivity (Wildman–Crippen MR) is 65.3 cm³/mol. The first-order valence-electron chi connectivity index (χ1n) is 4.03. The number of halogens is 4. The van der Waals surface area contributed by atoms with Crippen LogP contribution in [0.15, 0.2) is 0 Å². The zero-order chi connectivity index (χ0) is 9.99. The van der Waals surface area contributed by atoms with Gasteiger partial charge in [-0.25, -0.2) is 0 Å². The lowest BCUT2D eigenvalue weighted by atomic mass is 10.9. The third kappa shape index (κ3) is 3.39. The molecule has 0 nitrogen and oxygen atoms in total. The fraction of sp³-hybridized carbons (Fsp3) is 1.00. The average molecular weight is 284 g/mol. The maximum atomic E-state index is 6.20. The van der Waals surface area contributed by atoms with Crippen LogP contribution in [-0.4, -0.2) is 13.4 Å². The second-order valence-corrected chi connectivity index (χ2v) is 19.0. The summed E-state index contributed by atoms with van der Waals surface area (Å²) < 4.78 is 0. The van der Waals surface area contributed by atoms with Crippen molar-refractivity contribution in [2.24, 2.45) is 0 Å². The average Bonchev–Trinajstić information content (AvgIpc) is 2.03. The molecule has 0 radical (unpaired) electrons. The highest BCUT2D eigenvalue weighted by Gasteiger charge is 2.47. The lowest BCUT2D eigenvalue weighted by molar-refractivity contribution is 1.20. The van der Waals surface area contributed by atoms with E-state index in [1.807, 2.05) is 20.8 Å². The lowest BCUT2D eigenvalue weighted by Gasteiger charge is -2.30. The van der Waals surface area contributed by atoms with Gasteiger partial charge < -0.3 is 0 Å². The summed E-state index contributed by atoms with van der Waals surface area (Å²) in [4.78, 5) is 0. The summed E-state index contributed by atoms with van der Waals surface area (Å²) >= 11 is 24.8. The van der Waals surface area contributed by atoms with Crippen molar-refractivity contribution in [2.75, 3.05) is 0 Å². The van der Waals surface area contributed by atoms with Crippen molar-refractivity contribution in [3.8, 4) is 0 Å². The summed E-state index contributed by atoms with van der Waals surface area (Å²) in [6.45, 7) is 1.60. The SMILES string of the molecule is CC[Si](Cl)(Cl)C(C)[Si](Cl)(Cl)CC. The van der Waals surface area contributed by atoms with Crippen LogP contribution in [0.1, 0.15) is 20.8 Å². The van der Waals surface area contributed by atoms with Gasteiger partial charge in [0.05, 0.1) is 0 Å². The number of rotatable bonds is 4. The maximum absolute atomic E-state index is 6.20. The van der Waals surface area contributed by atoms with Crippen LogP contribution in [0, 0.1) is 0 Å². The van der Waals surface area contributed by atoms with Gasteiger partial charge in [-0.1, -0.05) is 20.8 Å². The Morgan fingerprint density at radius 2 is 1.17 bits per heavy atom. The quantitative estimate of drug-likeness (QED) is 0.514. The van der Waals surface area contributed by atoms with Gasteiger partial charge in [-0.15, -0.1) is 44.3 Å². The van der Waals surface area contributed by atoms with Crippen LogP contribution in [0.5, 0.6) is 0 Å². The molecule has 0 aromatic heterocycles. The normalized spacial score (nSPS) is 14.0. The Hall–Kier alpha value is 1.59. The molecular formula is C6H14Cl4Si2. The predicted octanol–water partition coefficient (Wildman–Crippen LogP) is 4.80. The van der Waals surface area contributed by atoms with E-state index in [0.717, 1.165) is 12.1 Å². The monoisotopic (exact) mass is 282 g/mol. The van der Waals surface area contributed by atoms with Crippen LogP contribution >= 0.6 is 44.3 Å². The molecule has 0 aliphatic rings. The number of hydrogen-bond donors (Lipinski definition) is 0. The Morgan fingerprint density at radius 1 is 0.917 bits per heavy atom. The van der Waals surface area contributed by atoms with E-state index in [0.29, 0.717) is 0 Å². The van der Waals surface area contributed by atoms with Crippen LogP contribution in [0.25, 0.3) is 0 Å². The fourth-order valence-electron chi connectivity index (χ4n) is 0.921. The smallest absolute Gasteiger partial charge is 0.146 e. The van der Waals surface area contributed by atoms with E-state index in [-0.39, 0.29) is 5.16 Å². The van der Waals surface area contributed by atoms with Crippen molar-refractivity contribution in [1.29, 1.82) is 0 Å². The summed E-state index contributed by atoms with van der Waals surface area (Å²) in [5.41, 5.74) is 0. The molecule has 0 unspecified atom stereocenters. The molecular weight excluding hydrogens is 270 g/mol. The van der Waals surface area contributed by atoms with Crippen molar-refractivity contribution in [1.82, 2.24) is 0 Å². The summed E-state index contributed by atoms with van der Waals surface area (Å²) in [6, 6.07) is 1.62. The molecule has 0 heterocycles. The Kier molecular flexibility index (Phi) is 5.55. The first-order chi connectivity index (χ1) is 5.28. The highest BCUT2D eigenvalue weighted by Crippen LogP contribution is 2.45. The molecule has 0 aromatic rings. The van der Waals surface area contributed by atoms with Crippen molar-refractivity contribution < 1.29 is 0 Å². The number of hydrogen-bond acceptors (Lipinski definition) is 0. The van der Waals surface area contributed by atoms with Gasteiger partial charge in [-0.05, 0) is 12.1 Å². The van der Waals surface area contributed by atoms with Gasteiger partial charge in [0, 0.05) is 5.16 Å². The van der Waals surface area contributed by atoms with Crippen molar-refractivity contribution in [3.63, 3.8) is 0 Å². The van der Waals surface area contributed by atoms with E-state index in [1.165, 1.54) is 0 Å². The molecule has 6 heteroatoms. The Bertz CT molecular complexity index is 132. The van der Waals surface area contributed by atoms with Gasteiger partial charge in [0.1, 0.15) is 0 Å². The summed E-state index contributed by atoms with van der Waals surface area (Å²) in [5.74, 6) is 0. The second kappa shape index (κ2) is 4.90. The molecule has 0 saturated carbocycles. The third-order valence-electron chi connectivity index (χ3n) is 2.21. The first kappa shape index (κ1) is 13.6. The molecule has 0 N–H and O–H groups in total. The van der Waals surface area contributed by atoms with Gasteiger partial charge >= 0.3 is 0 Å². The molecule has 0 aliphatic heterocycles. The minimum Gasteiger partial charge on any atom is -0.146 e. The molecule has 0 amide bonds. The molecule has 0 aromatic carbocycles. The largest absolute Gasteiger partial charge is 0.253 e. The lowest BCUT2D eigenvalue weighted by Crippen LogP contribution is -2.39. The molecule has 0 aliphatic carbocycles. The molecule has 0 spiro atoms. The molecule has 0 fully saturated rings. The molecule has 12 heavy (non-hydrogen) atoms. The van der Waals surface area contributed by atoms with E-state index in [4.69, 9.17) is 44.3 Å². The molecule has 0 rings (SSSR count). The minimum absolute atomic E-state index is 0.131. The second-order valence-electron chi connectivity index (χ2n) is 2.95. The van der Waals surface area contributed by atoms with Crippen LogP contribution in [0.4, 0.5) is 0 Å². The van der Waals surface area contributed by atoms with Crippen molar-refractivity contribution in [3.05, 3.63) is 0 Å².